The van der Waals surface area contributed by atoms with E-state index in [1.165, 1.54) is 12.4 Å². The maximum absolute atomic E-state index is 12.4. The van der Waals surface area contributed by atoms with Crippen molar-refractivity contribution in [3.05, 3.63) is 77.7 Å². The number of nitrogens with one attached hydrogen (secondary N) is 1. The van der Waals surface area contributed by atoms with Crippen LogP contribution in [0.3, 0.4) is 0 Å². The van der Waals surface area contributed by atoms with Crippen LogP contribution >= 0.6 is 0 Å². The highest BCUT2D eigenvalue weighted by Gasteiger charge is 2.29. The highest BCUT2D eigenvalue weighted by molar-refractivity contribution is 5.87. The second kappa shape index (κ2) is 6.96. The summed E-state index contributed by atoms with van der Waals surface area (Å²) in [5.74, 6) is -1.26. The van der Waals surface area contributed by atoms with Crippen molar-refractivity contribution in [3.63, 3.8) is 0 Å². The fraction of sp³-hybridized carbons (Fsp3) is 0.0952. The number of nitrogens with zero attached hydrogens (tertiary/aromatic N) is 4. The first-order valence-electron chi connectivity index (χ1n) is 9.18. The first-order chi connectivity index (χ1) is 14.6. The van der Waals surface area contributed by atoms with Gasteiger partial charge in [0.2, 0.25) is 5.95 Å². The molecule has 2 N–H and O–H groups in total. The number of benzene rings is 2. The Balaban J connectivity index is 1.35. The lowest BCUT2D eigenvalue weighted by Gasteiger charge is -2.14. The first kappa shape index (κ1) is 17.8. The molecule has 9 heteroatoms. The van der Waals surface area contributed by atoms with Crippen molar-refractivity contribution in [2.75, 3.05) is 11.9 Å². The molecule has 1 aliphatic rings. The van der Waals surface area contributed by atoms with Crippen LogP contribution in [-0.4, -0.2) is 43.4 Å². The van der Waals surface area contributed by atoms with Gasteiger partial charge in [0.25, 0.3) is 0 Å². The number of hydrogen-bond donors (Lipinski definition) is 2. The Hall–Kier alpha value is -4.27. The molecule has 2 aromatic heterocycles. The SMILES string of the molecule is O=C(Nc1ncnc2cc(C(=O)O)nn12)OCC1c2ccccc2-c2ccccc21. The summed E-state index contributed by atoms with van der Waals surface area (Å²) in [5, 5.41) is 15.5. The second-order valence-electron chi connectivity index (χ2n) is 6.75. The van der Waals surface area contributed by atoms with Crippen molar-refractivity contribution in [3.8, 4) is 11.1 Å². The summed E-state index contributed by atoms with van der Waals surface area (Å²) in [4.78, 5) is 31.4. The van der Waals surface area contributed by atoms with Crippen LogP contribution < -0.4 is 5.32 Å². The normalized spacial score (nSPS) is 12.4. The van der Waals surface area contributed by atoms with Gasteiger partial charge in [0.1, 0.15) is 12.9 Å². The fourth-order valence-corrected chi connectivity index (χ4v) is 3.73. The number of carbonyl (C=O) groups is 2. The zero-order chi connectivity index (χ0) is 20.7. The predicted octanol–water partition coefficient (Wildman–Crippen LogP) is 3.18. The van der Waals surface area contributed by atoms with Crippen molar-refractivity contribution in [2.24, 2.45) is 0 Å². The highest BCUT2D eigenvalue weighted by atomic mass is 16.5. The minimum absolute atomic E-state index is 0.0183. The molecule has 2 heterocycles. The fourth-order valence-electron chi connectivity index (χ4n) is 3.73. The number of carbonyl (C=O) groups excluding carboxylic acids is 1. The van der Waals surface area contributed by atoms with Crippen molar-refractivity contribution in [1.29, 1.82) is 0 Å². The highest BCUT2D eigenvalue weighted by Crippen LogP contribution is 2.44. The molecule has 0 radical (unpaired) electrons. The maximum atomic E-state index is 12.4. The first-order valence-corrected chi connectivity index (χ1v) is 9.18. The third-order valence-corrected chi connectivity index (χ3v) is 5.04. The average molecular weight is 401 g/mol. The van der Waals surface area contributed by atoms with E-state index in [1.807, 2.05) is 36.4 Å². The Morgan fingerprint density at radius 1 is 1.03 bits per heavy atom. The summed E-state index contributed by atoms with van der Waals surface area (Å²) >= 11 is 0. The summed E-state index contributed by atoms with van der Waals surface area (Å²) in [5.41, 5.74) is 4.53. The van der Waals surface area contributed by atoms with Gasteiger partial charge in [0.15, 0.2) is 11.3 Å². The second-order valence-corrected chi connectivity index (χ2v) is 6.75. The van der Waals surface area contributed by atoms with Gasteiger partial charge < -0.3 is 9.84 Å². The number of carboxylic acids is 1. The molecule has 0 fully saturated rings. The standard InChI is InChI=1S/C21H15N5O4/c27-19(28)17-9-18-22-11-23-20(26(18)25-17)24-21(29)30-10-16-14-7-3-1-5-12(14)13-6-2-4-8-15(13)16/h1-9,11,16H,10H2,(H,27,28)(H,22,23,24,29). The minimum atomic E-state index is -1.20. The molecular weight excluding hydrogens is 386 g/mol. The van der Waals surface area contributed by atoms with Crippen molar-refractivity contribution < 1.29 is 19.4 Å². The van der Waals surface area contributed by atoms with Crippen molar-refractivity contribution in [1.82, 2.24) is 19.6 Å². The maximum Gasteiger partial charge on any atom is 0.414 e. The molecule has 30 heavy (non-hydrogen) atoms. The number of rotatable bonds is 4. The van der Waals surface area contributed by atoms with E-state index < -0.39 is 12.1 Å². The zero-order valence-corrected chi connectivity index (χ0v) is 15.5. The van der Waals surface area contributed by atoms with Crippen LogP contribution in [-0.2, 0) is 4.74 Å². The largest absolute Gasteiger partial charge is 0.476 e. The van der Waals surface area contributed by atoms with E-state index in [-0.39, 0.29) is 29.8 Å². The molecule has 5 rings (SSSR count). The van der Waals surface area contributed by atoms with Crippen molar-refractivity contribution >= 4 is 23.7 Å². The molecule has 0 atom stereocenters. The van der Waals surface area contributed by atoms with Gasteiger partial charge in [-0.2, -0.15) is 9.61 Å². The van der Waals surface area contributed by atoms with Crippen LogP contribution in [0.2, 0.25) is 0 Å². The van der Waals surface area contributed by atoms with E-state index in [9.17, 15) is 9.59 Å². The summed E-state index contributed by atoms with van der Waals surface area (Å²) in [6.45, 7) is 0.146. The predicted molar refractivity (Wildman–Crippen MR) is 106 cm³/mol. The van der Waals surface area contributed by atoms with Crippen LogP contribution in [0, 0.1) is 0 Å². The lowest BCUT2D eigenvalue weighted by molar-refractivity contribution is 0.0690. The Bertz CT molecular complexity index is 1250. The number of amides is 1. The number of anilines is 1. The summed E-state index contributed by atoms with van der Waals surface area (Å²) in [6, 6.07) is 17.4. The topological polar surface area (TPSA) is 119 Å². The zero-order valence-electron chi connectivity index (χ0n) is 15.5. The summed E-state index contributed by atoms with van der Waals surface area (Å²) in [7, 11) is 0. The molecule has 0 saturated heterocycles. The lowest BCUT2D eigenvalue weighted by atomic mass is 9.98. The molecule has 1 aliphatic carbocycles. The van der Waals surface area contributed by atoms with Crippen LogP contribution in [0.1, 0.15) is 27.5 Å². The van der Waals surface area contributed by atoms with Crippen LogP contribution in [0.4, 0.5) is 10.7 Å². The molecule has 0 saturated carbocycles. The smallest absolute Gasteiger partial charge is 0.414 e. The van der Waals surface area contributed by atoms with Gasteiger partial charge in [-0.3, -0.25) is 5.32 Å². The number of carboxylic acid groups (broad SMARTS) is 1. The monoisotopic (exact) mass is 401 g/mol. The Kier molecular flexibility index (Phi) is 4.13. The Morgan fingerprint density at radius 2 is 1.70 bits per heavy atom. The van der Waals surface area contributed by atoms with Crippen molar-refractivity contribution in [2.45, 2.75) is 5.92 Å². The number of aromatic nitrogens is 4. The van der Waals surface area contributed by atoms with Gasteiger partial charge in [-0.05, 0) is 22.3 Å². The molecule has 148 valence electrons. The van der Waals surface area contributed by atoms with E-state index >= 15 is 0 Å². The molecule has 0 spiro atoms. The number of hydrogen-bond acceptors (Lipinski definition) is 6. The molecule has 2 aromatic carbocycles. The molecule has 9 nitrogen and oxygen atoms in total. The van der Waals surface area contributed by atoms with Gasteiger partial charge in [-0.25, -0.2) is 19.6 Å². The third-order valence-electron chi connectivity index (χ3n) is 5.04. The molecule has 4 aromatic rings. The van der Waals surface area contributed by atoms with E-state index in [1.54, 1.807) is 0 Å². The van der Waals surface area contributed by atoms with Gasteiger partial charge in [0.05, 0.1) is 0 Å². The van der Waals surface area contributed by atoms with Gasteiger partial charge in [-0.15, -0.1) is 0 Å². The minimum Gasteiger partial charge on any atom is -0.476 e. The summed E-state index contributed by atoms with van der Waals surface area (Å²) in [6.07, 6.45) is 0.492. The van der Waals surface area contributed by atoms with Crippen LogP contribution in [0.25, 0.3) is 16.8 Å². The Labute approximate surface area is 170 Å². The summed E-state index contributed by atoms with van der Waals surface area (Å²) < 4.78 is 6.62. The number of aromatic carboxylic acids is 1. The van der Waals surface area contributed by atoms with E-state index in [4.69, 9.17) is 9.84 Å². The molecule has 0 unspecified atom stereocenters. The van der Waals surface area contributed by atoms with Crippen LogP contribution in [0.15, 0.2) is 60.9 Å². The lowest BCUT2D eigenvalue weighted by Crippen LogP contribution is -2.20. The van der Waals surface area contributed by atoms with E-state index in [0.717, 1.165) is 26.8 Å². The molecule has 0 aliphatic heterocycles. The van der Waals surface area contributed by atoms with Gasteiger partial charge >= 0.3 is 12.1 Å². The van der Waals surface area contributed by atoms with E-state index in [0.29, 0.717) is 0 Å². The quantitative estimate of drug-likeness (QED) is 0.539. The average Bonchev–Trinajstić information content (AvgIpc) is 3.33. The van der Waals surface area contributed by atoms with Gasteiger partial charge in [-0.1, -0.05) is 48.5 Å². The third kappa shape index (κ3) is 2.93. The molecule has 1 amide bonds. The Morgan fingerprint density at radius 3 is 2.37 bits per heavy atom. The number of fused-ring (bicyclic) bond motifs is 4. The molecular formula is C21H15N5O4. The molecule has 0 bridgehead atoms. The van der Waals surface area contributed by atoms with Crippen LogP contribution in [0.5, 0.6) is 0 Å². The van der Waals surface area contributed by atoms with Gasteiger partial charge in [0, 0.05) is 12.0 Å². The number of ether oxygens (including phenoxy) is 1. The van der Waals surface area contributed by atoms with E-state index in [2.05, 4.69) is 32.5 Å².